The molecule has 19 heavy (non-hydrogen) atoms. The van der Waals surface area contributed by atoms with Crippen molar-refractivity contribution in [1.82, 2.24) is 15.0 Å². The van der Waals surface area contributed by atoms with E-state index in [9.17, 15) is 0 Å². The summed E-state index contributed by atoms with van der Waals surface area (Å²) in [6.07, 6.45) is 5.66. The van der Waals surface area contributed by atoms with Crippen LogP contribution in [0.25, 0.3) is 33.1 Å². The summed E-state index contributed by atoms with van der Waals surface area (Å²) in [7, 11) is 0. The summed E-state index contributed by atoms with van der Waals surface area (Å²) >= 11 is 0. The molecule has 0 unspecified atom stereocenters. The van der Waals surface area contributed by atoms with Crippen LogP contribution in [0, 0.1) is 0 Å². The third-order valence-corrected chi connectivity index (χ3v) is 3.36. The van der Waals surface area contributed by atoms with Crippen molar-refractivity contribution in [3.05, 3.63) is 61.1 Å². The number of benzene rings is 1. The third kappa shape index (κ3) is 1.59. The van der Waals surface area contributed by atoms with Gasteiger partial charge in [0.25, 0.3) is 0 Å². The van der Waals surface area contributed by atoms with E-state index in [-0.39, 0.29) is 0 Å². The predicted molar refractivity (Wildman–Crippen MR) is 76.8 cm³/mol. The summed E-state index contributed by atoms with van der Waals surface area (Å²) in [5.41, 5.74) is 4.20. The van der Waals surface area contributed by atoms with Gasteiger partial charge < -0.3 is 4.98 Å². The Bertz CT molecular complexity index is 877. The van der Waals surface area contributed by atoms with Crippen LogP contribution < -0.4 is 0 Å². The highest BCUT2D eigenvalue weighted by molar-refractivity contribution is 5.95. The van der Waals surface area contributed by atoms with E-state index in [0.29, 0.717) is 0 Å². The van der Waals surface area contributed by atoms with Crippen molar-refractivity contribution < 1.29 is 0 Å². The molecule has 0 fully saturated rings. The Morgan fingerprint density at radius 2 is 1.89 bits per heavy atom. The maximum Gasteiger partial charge on any atom is 0.137 e. The molecular formula is C16H11N3. The quantitative estimate of drug-likeness (QED) is 0.554. The lowest BCUT2D eigenvalue weighted by Crippen LogP contribution is -1.85. The average Bonchev–Trinajstić information content (AvgIpc) is 2.95. The van der Waals surface area contributed by atoms with Gasteiger partial charge in [-0.1, -0.05) is 18.2 Å². The predicted octanol–water partition coefficient (Wildman–Crippen LogP) is 3.78. The lowest BCUT2D eigenvalue weighted by Gasteiger charge is -2.04. The van der Waals surface area contributed by atoms with E-state index in [2.05, 4.69) is 27.1 Å². The molecule has 0 aliphatic carbocycles. The van der Waals surface area contributed by atoms with E-state index in [1.165, 1.54) is 0 Å². The first-order valence-electron chi connectivity index (χ1n) is 6.19. The lowest BCUT2D eigenvalue weighted by atomic mass is 10.0. The van der Waals surface area contributed by atoms with Crippen molar-refractivity contribution in [3.63, 3.8) is 0 Å². The topological polar surface area (TPSA) is 41.6 Å². The van der Waals surface area contributed by atoms with Gasteiger partial charge >= 0.3 is 0 Å². The van der Waals surface area contributed by atoms with Crippen molar-refractivity contribution >= 4 is 21.9 Å². The second kappa shape index (κ2) is 3.92. The van der Waals surface area contributed by atoms with E-state index in [1.807, 2.05) is 48.9 Å². The fourth-order valence-corrected chi connectivity index (χ4v) is 2.43. The second-order valence-electron chi connectivity index (χ2n) is 4.52. The first-order chi connectivity index (χ1) is 9.42. The van der Waals surface area contributed by atoms with Gasteiger partial charge in [0, 0.05) is 34.9 Å². The van der Waals surface area contributed by atoms with Crippen LogP contribution in [0.2, 0.25) is 0 Å². The SMILES string of the molecule is c1ccc2ncc(-c3ccnc4[nH]ccc34)cc2c1. The summed E-state index contributed by atoms with van der Waals surface area (Å²) in [5.74, 6) is 0. The fraction of sp³-hybridized carbons (Fsp3) is 0. The maximum atomic E-state index is 4.52. The van der Waals surface area contributed by atoms with E-state index in [0.717, 1.165) is 33.1 Å². The number of rotatable bonds is 1. The second-order valence-corrected chi connectivity index (χ2v) is 4.52. The number of hydrogen-bond acceptors (Lipinski definition) is 2. The number of nitrogens with one attached hydrogen (secondary N) is 1. The number of aromatic amines is 1. The van der Waals surface area contributed by atoms with Crippen LogP contribution in [0.5, 0.6) is 0 Å². The molecule has 0 radical (unpaired) electrons. The Kier molecular flexibility index (Phi) is 2.12. The number of hydrogen-bond donors (Lipinski definition) is 1. The highest BCUT2D eigenvalue weighted by atomic mass is 14.8. The molecule has 0 aliphatic heterocycles. The molecule has 0 aliphatic rings. The molecule has 4 rings (SSSR count). The highest BCUT2D eigenvalue weighted by Gasteiger charge is 2.06. The van der Waals surface area contributed by atoms with Crippen LogP contribution in [0.3, 0.4) is 0 Å². The standard InChI is InChI=1S/C16H11N3/c1-2-4-15-11(3-1)9-12(10-19-15)13-5-7-17-16-14(13)6-8-18-16/h1-10H,(H,17,18). The zero-order chi connectivity index (χ0) is 12.7. The van der Waals surface area contributed by atoms with Gasteiger partial charge in [-0.25, -0.2) is 4.98 Å². The van der Waals surface area contributed by atoms with Gasteiger partial charge in [0.2, 0.25) is 0 Å². The normalized spacial score (nSPS) is 11.2. The molecule has 3 aromatic heterocycles. The van der Waals surface area contributed by atoms with Gasteiger partial charge in [-0.15, -0.1) is 0 Å². The summed E-state index contributed by atoms with van der Waals surface area (Å²) < 4.78 is 0. The number of fused-ring (bicyclic) bond motifs is 2. The van der Waals surface area contributed by atoms with Crippen LogP contribution >= 0.6 is 0 Å². The van der Waals surface area contributed by atoms with E-state index in [4.69, 9.17) is 0 Å². The molecule has 3 heteroatoms. The van der Waals surface area contributed by atoms with Crippen molar-refractivity contribution in [2.75, 3.05) is 0 Å². The van der Waals surface area contributed by atoms with Gasteiger partial charge in [0.05, 0.1) is 5.52 Å². The van der Waals surface area contributed by atoms with E-state index >= 15 is 0 Å². The first-order valence-corrected chi connectivity index (χ1v) is 6.19. The Hall–Kier alpha value is -2.68. The lowest BCUT2D eigenvalue weighted by molar-refractivity contribution is 1.32. The molecule has 4 aromatic rings. The highest BCUT2D eigenvalue weighted by Crippen LogP contribution is 2.28. The molecule has 0 bridgehead atoms. The van der Waals surface area contributed by atoms with Crippen LogP contribution in [0.4, 0.5) is 0 Å². The van der Waals surface area contributed by atoms with Crippen LogP contribution in [-0.4, -0.2) is 15.0 Å². The number of pyridine rings is 2. The zero-order valence-electron chi connectivity index (χ0n) is 10.2. The molecule has 0 atom stereocenters. The van der Waals surface area contributed by atoms with Crippen molar-refractivity contribution in [3.8, 4) is 11.1 Å². The Morgan fingerprint density at radius 3 is 2.89 bits per heavy atom. The third-order valence-electron chi connectivity index (χ3n) is 3.36. The first kappa shape index (κ1) is 10.3. The van der Waals surface area contributed by atoms with E-state index in [1.54, 1.807) is 0 Å². The number of para-hydroxylation sites is 1. The minimum atomic E-state index is 0.908. The van der Waals surface area contributed by atoms with Gasteiger partial charge in [0.15, 0.2) is 0 Å². The monoisotopic (exact) mass is 245 g/mol. The Balaban J connectivity index is 2.01. The largest absolute Gasteiger partial charge is 0.346 e. The van der Waals surface area contributed by atoms with Gasteiger partial charge in [-0.2, -0.15) is 0 Å². The number of H-pyrrole nitrogens is 1. The van der Waals surface area contributed by atoms with Crippen molar-refractivity contribution in [1.29, 1.82) is 0 Å². The maximum absolute atomic E-state index is 4.52. The van der Waals surface area contributed by atoms with Crippen molar-refractivity contribution in [2.24, 2.45) is 0 Å². The fourth-order valence-electron chi connectivity index (χ4n) is 2.43. The molecule has 3 heterocycles. The molecule has 0 amide bonds. The van der Waals surface area contributed by atoms with Crippen LogP contribution in [-0.2, 0) is 0 Å². The molecule has 90 valence electrons. The van der Waals surface area contributed by atoms with Gasteiger partial charge in [-0.05, 0) is 29.8 Å². The minimum Gasteiger partial charge on any atom is -0.346 e. The molecule has 3 nitrogen and oxygen atoms in total. The Morgan fingerprint density at radius 1 is 0.947 bits per heavy atom. The molecule has 0 saturated carbocycles. The number of nitrogens with zero attached hydrogens (tertiary/aromatic N) is 2. The smallest absolute Gasteiger partial charge is 0.137 e. The van der Waals surface area contributed by atoms with Gasteiger partial charge in [-0.3, -0.25) is 4.98 Å². The summed E-state index contributed by atoms with van der Waals surface area (Å²) in [5, 5.41) is 2.28. The zero-order valence-corrected chi connectivity index (χ0v) is 10.2. The summed E-state index contributed by atoms with van der Waals surface area (Å²) in [6.45, 7) is 0. The van der Waals surface area contributed by atoms with Crippen LogP contribution in [0.1, 0.15) is 0 Å². The summed E-state index contributed by atoms with van der Waals surface area (Å²) in [6, 6.07) is 14.4. The van der Waals surface area contributed by atoms with E-state index < -0.39 is 0 Å². The molecule has 0 saturated heterocycles. The molecule has 1 aromatic carbocycles. The van der Waals surface area contributed by atoms with Crippen molar-refractivity contribution in [2.45, 2.75) is 0 Å². The van der Waals surface area contributed by atoms with Gasteiger partial charge in [0.1, 0.15) is 5.65 Å². The Labute approximate surface area is 110 Å². The molecule has 1 N–H and O–H groups in total. The summed E-state index contributed by atoms with van der Waals surface area (Å²) in [4.78, 5) is 12.0. The molecule has 0 spiro atoms. The average molecular weight is 245 g/mol. The van der Waals surface area contributed by atoms with Crippen LogP contribution in [0.15, 0.2) is 61.1 Å². The minimum absolute atomic E-state index is 0.908. The molecular weight excluding hydrogens is 234 g/mol. The number of aromatic nitrogens is 3.